The molecule has 0 atom stereocenters. The van der Waals surface area contributed by atoms with Crippen LogP contribution in [-0.2, 0) is 20.3 Å². The number of hydrogen-bond donors (Lipinski definition) is 1. The van der Waals surface area contributed by atoms with Gasteiger partial charge < -0.3 is 9.88 Å². The van der Waals surface area contributed by atoms with Crippen molar-refractivity contribution in [2.75, 3.05) is 5.32 Å². The highest BCUT2D eigenvalue weighted by Crippen LogP contribution is 2.30. The maximum atomic E-state index is 12.6. The van der Waals surface area contributed by atoms with Crippen molar-refractivity contribution in [1.29, 1.82) is 0 Å². The van der Waals surface area contributed by atoms with Gasteiger partial charge in [-0.15, -0.1) is 0 Å². The second-order valence-electron chi connectivity index (χ2n) is 4.35. The molecule has 0 aliphatic rings. The third kappa shape index (κ3) is 3.12. The number of anilines is 1. The monoisotopic (exact) mass is 300 g/mol. The quantitative estimate of drug-likeness (QED) is 0.911. The van der Waals surface area contributed by atoms with Gasteiger partial charge in [-0.3, -0.25) is 14.3 Å². The van der Waals surface area contributed by atoms with Crippen LogP contribution in [0.25, 0.3) is 0 Å². The van der Waals surface area contributed by atoms with Gasteiger partial charge in [-0.1, -0.05) is 0 Å². The molecule has 2 heterocycles. The number of carbonyl (C=O) groups excluding carboxylic acids is 1. The molecule has 0 aromatic carbocycles. The highest BCUT2D eigenvalue weighted by Gasteiger charge is 2.35. The fourth-order valence-electron chi connectivity index (χ4n) is 1.67. The molecule has 9 heteroatoms. The van der Waals surface area contributed by atoms with Crippen molar-refractivity contribution in [2.24, 2.45) is 14.1 Å². The summed E-state index contributed by atoms with van der Waals surface area (Å²) in [5.41, 5.74) is -1.35. The summed E-state index contributed by atoms with van der Waals surface area (Å²) >= 11 is 0. The second-order valence-corrected chi connectivity index (χ2v) is 4.35. The Kier molecular flexibility index (Phi) is 3.58. The minimum Gasteiger partial charge on any atom is -0.319 e. The van der Waals surface area contributed by atoms with Crippen LogP contribution in [0.1, 0.15) is 16.1 Å². The van der Waals surface area contributed by atoms with E-state index < -0.39 is 23.3 Å². The summed E-state index contributed by atoms with van der Waals surface area (Å²) in [4.78, 5) is 23.3. The van der Waals surface area contributed by atoms with E-state index in [1.165, 1.54) is 23.9 Å². The van der Waals surface area contributed by atoms with Crippen LogP contribution in [0.15, 0.2) is 29.2 Å². The van der Waals surface area contributed by atoms with Crippen molar-refractivity contribution >= 4 is 11.7 Å². The average molecular weight is 300 g/mol. The lowest BCUT2D eigenvalue weighted by molar-refractivity contribution is -0.143. The van der Waals surface area contributed by atoms with E-state index in [4.69, 9.17) is 0 Å². The molecular formula is C12H11F3N4O2. The summed E-state index contributed by atoms with van der Waals surface area (Å²) in [6.45, 7) is 0. The molecule has 0 saturated carbocycles. The van der Waals surface area contributed by atoms with Crippen LogP contribution >= 0.6 is 0 Å². The molecule has 0 saturated heterocycles. The Labute approximate surface area is 116 Å². The number of aromatic nitrogens is 3. The Balaban J connectivity index is 2.24. The van der Waals surface area contributed by atoms with E-state index in [-0.39, 0.29) is 11.4 Å². The fourth-order valence-corrected chi connectivity index (χ4v) is 1.67. The smallest absolute Gasteiger partial charge is 0.319 e. The van der Waals surface area contributed by atoms with Crippen LogP contribution in [-0.4, -0.2) is 20.3 Å². The van der Waals surface area contributed by atoms with Crippen LogP contribution in [0.4, 0.5) is 19.0 Å². The van der Waals surface area contributed by atoms with Crippen molar-refractivity contribution in [2.45, 2.75) is 6.18 Å². The van der Waals surface area contributed by atoms with Crippen molar-refractivity contribution < 1.29 is 18.0 Å². The van der Waals surface area contributed by atoms with Crippen molar-refractivity contribution in [3.8, 4) is 0 Å². The number of alkyl halides is 3. The zero-order valence-corrected chi connectivity index (χ0v) is 11.1. The largest absolute Gasteiger partial charge is 0.433 e. The molecule has 0 aliphatic heterocycles. The molecule has 0 aliphatic carbocycles. The number of aryl methyl sites for hydroxylation is 2. The molecule has 0 radical (unpaired) electrons. The van der Waals surface area contributed by atoms with Crippen molar-refractivity contribution in [1.82, 2.24) is 14.3 Å². The minimum atomic E-state index is -4.56. The maximum Gasteiger partial charge on any atom is 0.433 e. The van der Waals surface area contributed by atoms with Gasteiger partial charge in [0.15, 0.2) is 5.82 Å². The highest BCUT2D eigenvalue weighted by atomic mass is 19.4. The summed E-state index contributed by atoms with van der Waals surface area (Å²) in [5.74, 6) is -0.949. The summed E-state index contributed by atoms with van der Waals surface area (Å²) in [6, 6.07) is 3.19. The van der Waals surface area contributed by atoms with E-state index in [1.807, 2.05) is 0 Å². The summed E-state index contributed by atoms with van der Waals surface area (Å²) in [7, 11) is 2.63. The standard InChI is InChI=1S/C12H11F3N4O2/c1-18-4-3-7(5-10(18)20)11(21)16-9-6-8(12(13,14)15)19(2)17-9/h3-6H,1-2H3,(H,16,17,21). The molecule has 0 spiro atoms. The predicted molar refractivity (Wildman–Crippen MR) is 67.8 cm³/mol. The van der Waals surface area contributed by atoms with E-state index in [2.05, 4.69) is 10.4 Å². The third-order valence-corrected chi connectivity index (χ3v) is 2.78. The number of pyridine rings is 1. The Bertz CT molecular complexity index is 746. The highest BCUT2D eigenvalue weighted by molar-refractivity contribution is 6.03. The lowest BCUT2D eigenvalue weighted by atomic mass is 10.2. The minimum absolute atomic E-state index is 0.0392. The number of halogens is 3. The number of nitrogens with zero attached hydrogens (tertiary/aromatic N) is 3. The normalized spacial score (nSPS) is 11.5. The summed E-state index contributed by atoms with van der Waals surface area (Å²) < 4.78 is 39.7. The Morgan fingerprint density at radius 1 is 1.29 bits per heavy atom. The number of amides is 1. The first kappa shape index (κ1) is 14.8. The third-order valence-electron chi connectivity index (χ3n) is 2.78. The SMILES string of the molecule is Cn1nc(NC(=O)c2ccn(C)c(=O)c2)cc1C(F)(F)F. The van der Waals surface area contributed by atoms with E-state index >= 15 is 0 Å². The number of rotatable bonds is 2. The van der Waals surface area contributed by atoms with Gasteiger partial charge in [-0.05, 0) is 6.07 Å². The molecule has 0 unspecified atom stereocenters. The number of carbonyl (C=O) groups is 1. The molecular weight excluding hydrogens is 289 g/mol. The van der Waals surface area contributed by atoms with Crippen LogP contribution < -0.4 is 10.9 Å². The molecule has 2 aromatic heterocycles. The van der Waals surface area contributed by atoms with Gasteiger partial charge >= 0.3 is 6.18 Å². The van der Waals surface area contributed by atoms with Crippen LogP contribution in [0.2, 0.25) is 0 Å². The van der Waals surface area contributed by atoms with Gasteiger partial charge in [0, 0.05) is 38.0 Å². The molecule has 6 nitrogen and oxygen atoms in total. The Morgan fingerprint density at radius 3 is 2.48 bits per heavy atom. The average Bonchev–Trinajstić information content (AvgIpc) is 2.73. The van der Waals surface area contributed by atoms with E-state index in [9.17, 15) is 22.8 Å². The lowest BCUT2D eigenvalue weighted by Gasteiger charge is -2.04. The molecule has 0 bridgehead atoms. The van der Waals surface area contributed by atoms with Gasteiger partial charge in [-0.2, -0.15) is 18.3 Å². The maximum absolute atomic E-state index is 12.6. The van der Waals surface area contributed by atoms with E-state index in [0.717, 1.165) is 19.2 Å². The summed E-state index contributed by atoms with van der Waals surface area (Å²) in [5, 5.41) is 5.78. The first-order valence-corrected chi connectivity index (χ1v) is 5.78. The van der Waals surface area contributed by atoms with Crippen LogP contribution in [0, 0.1) is 0 Å². The second kappa shape index (κ2) is 5.08. The van der Waals surface area contributed by atoms with Gasteiger partial charge in [-0.25, -0.2) is 0 Å². The molecule has 2 rings (SSSR count). The molecule has 2 aromatic rings. The zero-order valence-electron chi connectivity index (χ0n) is 11.1. The van der Waals surface area contributed by atoms with Crippen LogP contribution in [0.3, 0.4) is 0 Å². The zero-order chi connectivity index (χ0) is 15.8. The lowest BCUT2D eigenvalue weighted by Crippen LogP contribution is -2.20. The molecule has 0 fully saturated rings. The predicted octanol–water partition coefficient (Wildman–Crippen LogP) is 1.39. The Morgan fingerprint density at radius 2 is 1.95 bits per heavy atom. The number of hydrogen-bond acceptors (Lipinski definition) is 3. The van der Waals surface area contributed by atoms with Gasteiger partial charge in [0.2, 0.25) is 0 Å². The van der Waals surface area contributed by atoms with E-state index in [1.54, 1.807) is 0 Å². The van der Waals surface area contributed by atoms with E-state index in [0.29, 0.717) is 4.68 Å². The first-order chi connectivity index (χ1) is 9.68. The molecule has 1 amide bonds. The number of nitrogens with one attached hydrogen (secondary N) is 1. The van der Waals surface area contributed by atoms with Crippen molar-refractivity contribution in [3.05, 3.63) is 46.0 Å². The molecule has 21 heavy (non-hydrogen) atoms. The molecule has 112 valence electrons. The first-order valence-electron chi connectivity index (χ1n) is 5.78. The Hall–Kier alpha value is -2.58. The van der Waals surface area contributed by atoms with Crippen molar-refractivity contribution in [3.63, 3.8) is 0 Å². The van der Waals surface area contributed by atoms with Crippen LogP contribution in [0.5, 0.6) is 0 Å². The molecule has 1 N–H and O–H groups in total. The van der Waals surface area contributed by atoms with Gasteiger partial charge in [0.1, 0.15) is 5.69 Å². The van der Waals surface area contributed by atoms with Gasteiger partial charge in [0.25, 0.3) is 11.5 Å². The van der Waals surface area contributed by atoms with Gasteiger partial charge in [0.05, 0.1) is 0 Å². The summed E-state index contributed by atoms with van der Waals surface area (Å²) in [6.07, 6.45) is -3.18. The topological polar surface area (TPSA) is 68.9 Å². The fraction of sp³-hybridized carbons (Fsp3) is 0.250.